The van der Waals surface area contributed by atoms with E-state index in [2.05, 4.69) is 5.32 Å². The van der Waals surface area contributed by atoms with Crippen molar-refractivity contribution in [1.29, 1.82) is 0 Å². The second kappa shape index (κ2) is 5.30. The Balaban J connectivity index is 2.28. The predicted molar refractivity (Wildman–Crippen MR) is 73.7 cm³/mol. The molecule has 19 heavy (non-hydrogen) atoms. The normalized spacial score (nSPS) is 18.4. The van der Waals surface area contributed by atoms with E-state index in [1.807, 2.05) is 13.0 Å². The number of benzene rings is 1. The zero-order valence-electron chi connectivity index (χ0n) is 11.3. The molecule has 0 aromatic heterocycles. The average Bonchev–Trinajstić information content (AvgIpc) is 2.89. The van der Waals surface area contributed by atoms with Crippen LogP contribution in [0.1, 0.15) is 28.8 Å². The first-order valence-electron chi connectivity index (χ1n) is 6.43. The molecule has 1 fully saturated rings. The molecule has 1 saturated heterocycles. The summed E-state index contributed by atoms with van der Waals surface area (Å²) in [5, 5.41) is 2.61. The van der Waals surface area contributed by atoms with Crippen LogP contribution in [0.4, 0.5) is 5.69 Å². The van der Waals surface area contributed by atoms with Gasteiger partial charge in [-0.15, -0.1) is 0 Å². The molecule has 2 amide bonds. The lowest BCUT2D eigenvalue weighted by Crippen LogP contribution is -2.45. The van der Waals surface area contributed by atoms with Gasteiger partial charge in [0, 0.05) is 24.8 Å². The maximum atomic E-state index is 12.5. The fraction of sp³-hybridized carbons (Fsp3) is 0.429. The zero-order chi connectivity index (χ0) is 14.0. The number of amides is 2. The van der Waals surface area contributed by atoms with Crippen LogP contribution < -0.4 is 11.1 Å². The molecule has 1 aliphatic rings. The van der Waals surface area contributed by atoms with E-state index in [1.54, 1.807) is 24.1 Å². The van der Waals surface area contributed by atoms with Crippen LogP contribution in [-0.4, -0.2) is 36.3 Å². The van der Waals surface area contributed by atoms with Crippen LogP contribution in [0.3, 0.4) is 0 Å². The van der Waals surface area contributed by atoms with E-state index in [-0.39, 0.29) is 17.9 Å². The minimum absolute atomic E-state index is 0.104. The lowest BCUT2D eigenvalue weighted by molar-refractivity contribution is -0.124. The van der Waals surface area contributed by atoms with Crippen LogP contribution in [0.5, 0.6) is 0 Å². The topological polar surface area (TPSA) is 75.4 Å². The fourth-order valence-corrected chi connectivity index (χ4v) is 2.47. The number of hydrogen-bond acceptors (Lipinski definition) is 3. The minimum atomic E-state index is -0.363. The second-order valence-electron chi connectivity index (χ2n) is 4.85. The van der Waals surface area contributed by atoms with Crippen molar-refractivity contribution in [2.45, 2.75) is 25.8 Å². The summed E-state index contributed by atoms with van der Waals surface area (Å²) in [7, 11) is 1.59. The molecule has 5 nitrogen and oxygen atoms in total. The maximum absolute atomic E-state index is 12.5. The monoisotopic (exact) mass is 261 g/mol. The van der Waals surface area contributed by atoms with Gasteiger partial charge in [-0.1, -0.05) is 6.07 Å². The Morgan fingerprint density at radius 1 is 1.42 bits per heavy atom. The Kier molecular flexibility index (Phi) is 3.74. The Morgan fingerprint density at radius 3 is 2.84 bits per heavy atom. The summed E-state index contributed by atoms with van der Waals surface area (Å²) in [6, 6.07) is 4.91. The van der Waals surface area contributed by atoms with Crippen LogP contribution in [0.25, 0.3) is 0 Å². The summed E-state index contributed by atoms with van der Waals surface area (Å²) in [6.45, 7) is 2.49. The number of rotatable bonds is 2. The van der Waals surface area contributed by atoms with Crippen LogP contribution in [0, 0.1) is 6.92 Å². The summed E-state index contributed by atoms with van der Waals surface area (Å²) in [6.07, 6.45) is 1.57. The van der Waals surface area contributed by atoms with Crippen molar-refractivity contribution in [3.8, 4) is 0 Å². The third-order valence-electron chi connectivity index (χ3n) is 3.55. The molecule has 0 saturated carbocycles. The maximum Gasteiger partial charge on any atom is 0.254 e. The van der Waals surface area contributed by atoms with Crippen molar-refractivity contribution in [2.24, 2.45) is 0 Å². The highest BCUT2D eigenvalue weighted by molar-refractivity contribution is 5.99. The summed E-state index contributed by atoms with van der Waals surface area (Å²) in [4.78, 5) is 26.0. The van der Waals surface area contributed by atoms with Crippen LogP contribution in [0.2, 0.25) is 0 Å². The van der Waals surface area contributed by atoms with Gasteiger partial charge in [-0.05, 0) is 37.5 Å². The van der Waals surface area contributed by atoms with Gasteiger partial charge in [-0.3, -0.25) is 9.59 Å². The molecule has 1 aromatic rings. The molecule has 5 heteroatoms. The van der Waals surface area contributed by atoms with Gasteiger partial charge in [-0.25, -0.2) is 0 Å². The quantitative estimate of drug-likeness (QED) is 0.778. The highest BCUT2D eigenvalue weighted by Crippen LogP contribution is 2.22. The van der Waals surface area contributed by atoms with Gasteiger partial charge < -0.3 is 16.0 Å². The number of likely N-dealkylation sites (N-methyl/N-ethyl adjacent to an activating group) is 1. The Bertz CT molecular complexity index is 513. The van der Waals surface area contributed by atoms with Crippen molar-refractivity contribution >= 4 is 17.5 Å². The molecule has 0 radical (unpaired) electrons. The van der Waals surface area contributed by atoms with Gasteiger partial charge in [0.1, 0.15) is 6.04 Å². The number of nitrogens with zero attached hydrogens (tertiary/aromatic N) is 1. The number of nitrogen functional groups attached to an aromatic ring is 1. The molecule has 102 valence electrons. The first kappa shape index (κ1) is 13.4. The van der Waals surface area contributed by atoms with E-state index in [1.165, 1.54) is 0 Å². The second-order valence-corrected chi connectivity index (χ2v) is 4.85. The lowest BCUT2D eigenvalue weighted by Gasteiger charge is -2.24. The SMILES string of the molecule is CNC(=O)C1CCCN1C(=O)c1cc(N)ccc1C. The molecule has 1 unspecified atom stereocenters. The van der Waals surface area contributed by atoms with E-state index in [4.69, 9.17) is 5.73 Å². The molecule has 0 aliphatic carbocycles. The van der Waals surface area contributed by atoms with Gasteiger partial charge in [0.15, 0.2) is 0 Å². The Morgan fingerprint density at radius 2 is 2.16 bits per heavy atom. The number of nitrogens with two attached hydrogens (primary N) is 1. The minimum Gasteiger partial charge on any atom is -0.399 e. The lowest BCUT2D eigenvalue weighted by atomic mass is 10.1. The number of carbonyl (C=O) groups is 2. The highest BCUT2D eigenvalue weighted by Gasteiger charge is 2.34. The highest BCUT2D eigenvalue weighted by atomic mass is 16.2. The molecule has 1 atom stereocenters. The zero-order valence-corrected chi connectivity index (χ0v) is 11.3. The van der Waals surface area contributed by atoms with E-state index < -0.39 is 0 Å². The Labute approximate surface area is 112 Å². The number of carbonyl (C=O) groups excluding carboxylic acids is 2. The molecule has 3 N–H and O–H groups in total. The van der Waals surface area contributed by atoms with Crippen molar-refractivity contribution in [2.75, 3.05) is 19.3 Å². The summed E-state index contributed by atoms with van der Waals surface area (Å²) >= 11 is 0. The van der Waals surface area contributed by atoms with E-state index in [0.29, 0.717) is 24.2 Å². The van der Waals surface area contributed by atoms with Gasteiger partial charge in [0.2, 0.25) is 5.91 Å². The largest absolute Gasteiger partial charge is 0.399 e. The van der Waals surface area contributed by atoms with Crippen molar-refractivity contribution in [1.82, 2.24) is 10.2 Å². The van der Waals surface area contributed by atoms with Gasteiger partial charge in [-0.2, -0.15) is 0 Å². The van der Waals surface area contributed by atoms with Crippen LogP contribution >= 0.6 is 0 Å². The third-order valence-corrected chi connectivity index (χ3v) is 3.55. The summed E-state index contributed by atoms with van der Waals surface area (Å²) in [5.74, 6) is -0.219. The van der Waals surface area contributed by atoms with E-state index >= 15 is 0 Å². The fourth-order valence-electron chi connectivity index (χ4n) is 2.47. The van der Waals surface area contributed by atoms with Gasteiger partial charge >= 0.3 is 0 Å². The molecule has 0 spiro atoms. The van der Waals surface area contributed by atoms with Crippen LogP contribution in [-0.2, 0) is 4.79 Å². The Hall–Kier alpha value is -2.04. The van der Waals surface area contributed by atoms with Crippen LogP contribution in [0.15, 0.2) is 18.2 Å². The molecular weight excluding hydrogens is 242 g/mol. The van der Waals surface area contributed by atoms with E-state index in [0.717, 1.165) is 12.0 Å². The molecule has 0 bridgehead atoms. The smallest absolute Gasteiger partial charge is 0.254 e. The predicted octanol–water partition coefficient (Wildman–Crippen LogP) is 0.928. The summed E-state index contributed by atoms with van der Waals surface area (Å²) < 4.78 is 0. The van der Waals surface area contributed by atoms with E-state index in [9.17, 15) is 9.59 Å². The summed E-state index contributed by atoms with van der Waals surface area (Å²) in [5.41, 5.74) is 7.75. The molecule has 1 aromatic carbocycles. The number of likely N-dealkylation sites (tertiary alicyclic amines) is 1. The molecule has 2 rings (SSSR count). The van der Waals surface area contributed by atoms with Crippen molar-refractivity contribution in [3.05, 3.63) is 29.3 Å². The molecule has 1 heterocycles. The molecular formula is C14H19N3O2. The number of hydrogen-bond donors (Lipinski definition) is 2. The number of aryl methyl sites for hydroxylation is 1. The van der Waals surface area contributed by atoms with Gasteiger partial charge in [0.25, 0.3) is 5.91 Å². The number of anilines is 1. The third kappa shape index (κ3) is 2.54. The number of nitrogens with one attached hydrogen (secondary N) is 1. The van der Waals surface area contributed by atoms with Crippen molar-refractivity contribution in [3.63, 3.8) is 0 Å². The first-order valence-corrected chi connectivity index (χ1v) is 6.43. The first-order chi connectivity index (χ1) is 9.04. The van der Waals surface area contributed by atoms with Crippen molar-refractivity contribution < 1.29 is 9.59 Å². The molecule has 1 aliphatic heterocycles. The standard InChI is InChI=1S/C14H19N3O2/c1-9-5-6-10(15)8-11(9)14(19)17-7-3-4-12(17)13(18)16-2/h5-6,8,12H,3-4,7,15H2,1-2H3,(H,16,18). The average molecular weight is 261 g/mol. The van der Waals surface area contributed by atoms with Gasteiger partial charge in [0.05, 0.1) is 0 Å².